The number of amides is 1. The van der Waals surface area contributed by atoms with Crippen LogP contribution in [0.1, 0.15) is 142 Å². The van der Waals surface area contributed by atoms with Gasteiger partial charge in [-0.1, -0.05) is 144 Å². The summed E-state index contributed by atoms with van der Waals surface area (Å²) in [6, 6.07) is -0.652. The van der Waals surface area contributed by atoms with Crippen molar-refractivity contribution in [1.82, 2.24) is 5.32 Å². The third-order valence-electron chi connectivity index (χ3n) is 7.32. The lowest BCUT2D eigenvalue weighted by atomic mass is 10.1. The summed E-state index contributed by atoms with van der Waals surface area (Å²) in [5.74, 6) is -0.0942. The molecule has 4 nitrogen and oxygen atoms in total. The minimum atomic E-state index is -0.875. The molecule has 0 saturated heterocycles. The second-order valence-electron chi connectivity index (χ2n) is 11.5. The Balaban J connectivity index is 3.71. The van der Waals surface area contributed by atoms with Crippen molar-refractivity contribution in [2.75, 3.05) is 6.61 Å². The highest BCUT2D eigenvalue weighted by Gasteiger charge is 2.17. The minimum Gasteiger partial charge on any atom is -0.394 e. The van der Waals surface area contributed by atoms with E-state index in [0.29, 0.717) is 6.42 Å². The zero-order valence-electron chi connectivity index (χ0n) is 28.4. The summed E-state index contributed by atoms with van der Waals surface area (Å²) >= 11 is 0. The molecule has 0 aromatic heterocycles. The second-order valence-corrected chi connectivity index (χ2v) is 11.5. The van der Waals surface area contributed by atoms with E-state index in [4.69, 9.17) is 0 Å². The molecule has 0 aromatic carbocycles. The van der Waals surface area contributed by atoms with Crippen LogP contribution >= 0.6 is 0 Å². The van der Waals surface area contributed by atoms with Gasteiger partial charge in [0.25, 0.3) is 0 Å². The van der Waals surface area contributed by atoms with E-state index in [-0.39, 0.29) is 12.5 Å². The molecule has 1 amide bonds. The van der Waals surface area contributed by atoms with Crippen molar-refractivity contribution in [3.8, 4) is 0 Å². The lowest BCUT2D eigenvalue weighted by Crippen LogP contribution is -2.45. The molecule has 0 aliphatic carbocycles. The van der Waals surface area contributed by atoms with E-state index >= 15 is 0 Å². The summed E-state index contributed by atoms with van der Waals surface area (Å²) in [6.07, 6.45) is 50.9. The van der Waals surface area contributed by atoms with Crippen molar-refractivity contribution < 1.29 is 15.0 Å². The average molecular weight is 610 g/mol. The van der Waals surface area contributed by atoms with Crippen LogP contribution in [0.4, 0.5) is 0 Å². The standard InChI is InChI=1S/C40H67NO3/c1-3-5-7-9-11-13-15-16-17-18-19-20-21-22-23-24-26-28-30-32-34-36-40(44)41-38(37-42)39(43)35-33-31-29-27-25-14-12-10-8-6-4-2/h5,7-8,10-11,13,16-17,19-20,25,27,33,35,38-39,42-43H,3-4,6,9,12,14-15,18,21-24,26,28-32,34,36-37H2,1-2H3,(H,41,44)/b7-5-,10-8+,13-11-,17-16-,20-19-,27-25+,35-33+. The normalized spacial score (nSPS) is 14.2. The molecule has 0 aliphatic heterocycles. The highest BCUT2D eigenvalue weighted by atomic mass is 16.3. The molecule has 2 unspecified atom stereocenters. The molecule has 0 rings (SSSR count). The van der Waals surface area contributed by atoms with Crippen LogP contribution in [-0.4, -0.2) is 34.9 Å². The van der Waals surface area contributed by atoms with Gasteiger partial charge in [-0.05, 0) is 77.0 Å². The average Bonchev–Trinajstić information content (AvgIpc) is 3.03. The number of aliphatic hydroxyl groups is 2. The predicted octanol–water partition coefficient (Wildman–Crippen LogP) is 10.6. The molecule has 44 heavy (non-hydrogen) atoms. The topological polar surface area (TPSA) is 69.6 Å². The van der Waals surface area contributed by atoms with Gasteiger partial charge in [0.05, 0.1) is 18.8 Å². The predicted molar refractivity (Wildman–Crippen MR) is 193 cm³/mol. The first-order chi connectivity index (χ1) is 21.7. The summed E-state index contributed by atoms with van der Waals surface area (Å²) < 4.78 is 0. The van der Waals surface area contributed by atoms with Gasteiger partial charge in [0.1, 0.15) is 0 Å². The molecular weight excluding hydrogens is 542 g/mol. The third kappa shape index (κ3) is 31.0. The van der Waals surface area contributed by atoms with Crippen LogP contribution in [0, 0.1) is 0 Å². The van der Waals surface area contributed by atoms with Crippen molar-refractivity contribution in [3.05, 3.63) is 85.1 Å². The van der Waals surface area contributed by atoms with Gasteiger partial charge in [-0.25, -0.2) is 0 Å². The summed E-state index contributed by atoms with van der Waals surface area (Å²) in [5.41, 5.74) is 0. The molecule has 0 heterocycles. The molecule has 0 spiro atoms. The van der Waals surface area contributed by atoms with Gasteiger partial charge in [-0.15, -0.1) is 0 Å². The van der Waals surface area contributed by atoms with Crippen molar-refractivity contribution >= 4 is 5.91 Å². The zero-order chi connectivity index (χ0) is 32.2. The van der Waals surface area contributed by atoms with Gasteiger partial charge in [-0.3, -0.25) is 4.79 Å². The molecule has 0 radical (unpaired) electrons. The molecule has 0 aliphatic rings. The van der Waals surface area contributed by atoms with Crippen LogP contribution in [-0.2, 0) is 4.79 Å². The molecular formula is C40H67NO3. The van der Waals surface area contributed by atoms with Crippen molar-refractivity contribution in [3.63, 3.8) is 0 Å². The number of carbonyl (C=O) groups excluding carboxylic acids is 1. The Morgan fingerprint density at radius 1 is 0.568 bits per heavy atom. The number of unbranched alkanes of at least 4 members (excludes halogenated alkanes) is 11. The number of carbonyl (C=O) groups is 1. The van der Waals surface area contributed by atoms with Gasteiger partial charge in [-0.2, -0.15) is 0 Å². The van der Waals surface area contributed by atoms with E-state index in [1.165, 1.54) is 44.9 Å². The lowest BCUT2D eigenvalue weighted by Gasteiger charge is -2.19. The Morgan fingerprint density at radius 2 is 1.02 bits per heavy atom. The van der Waals surface area contributed by atoms with Gasteiger partial charge in [0.15, 0.2) is 0 Å². The maximum atomic E-state index is 12.3. The second kappa shape index (κ2) is 35.1. The van der Waals surface area contributed by atoms with Gasteiger partial charge >= 0.3 is 0 Å². The van der Waals surface area contributed by atoms with Gasteiger partial charge < -0.3 is 15.5 Å². The van der Waals surface area contributed by atoms with E-state index in [1.807, 2.05) is 6.08 Å². The van der Waals surface area contributed by atoms with Crippen LogP contribution < -0.4 is 5.32 Å². The maximum absolute atomic E-state index is 12.3. The van der Waals surface area contributed by atoms with E-state index in [9.17, 15) is 15.0 Å². The molecule has 0 aromatic rings. The number of hydrogen-bond acceptors (Lipinski definition) is 3. The number of aliphatic hydroxyl groups excluding tert-OH is 2. The minimum absolute atomic E-state index is 0.0942. The Kier molecular flexibility index (Phi) is 33.1. The summed E-state index contributed by atoms with van der Waals surface area (Å²) in [4.78, 5) is 12.3. The first kappa shape index (κ1) is 41.6. The molecule has 0 fully saturated rings. The monoisotopic (exact) mass is 610 g/mol. The number of rotatable bonds is 30. The first-order valence-corrected chi connectivity index (χ1v) is 17.8. The molecule has 3 N–H and O–H groups in total. The van der Waals surface area contributed by atoms with Crippen LogP contribution in [0.3, 0.4) is 0 Å². The third-order valence-corrected chi connectivity index (χ3v) is 7.32. The van der Waals surface area contributed by atoms with Crippen LogP contribution in [0.5, 0.6) is 0 Å². The Bertz CT molecular complexity index is 834. The van der Waals surface area contributed by atoms with E-state index in [1.54, 1.807) is 6.08 Å². The van der Waals surface area contributed by atoms with E-state index in [0.717, 1.165) is 77.0 Å². The van der Waals surface area contributed by atoms with Crippen molar-refractivity contribution in [2.45, 2.75) is 154 Å². The lowest BCUT2D eigenvalue weighted by molar-refractivity contribution is -0.123. The van der Waals surface area contributed by atoms with Gasteiger partial charge in [0.2, 0.25) is 5.91 Å². The Hall–Kier alpha value is -2.43. The largest absolute Gasteiger partial charge is 0.394 e. The van der Waals surface area contributed by atoms with Crippen LogP contribution in [0.15, 0.2) is 85.1 Å². The van der Waals surface area contributed by atoms with E-state index < -0.39 is 12.1 Å². The highest BCUT2D eigenvalue weighted by Crippen LogP contribution is 2.11. The molecule has 250 valence electrons. The Labute approximate surface area is 271 Å². The maximum Gasteiger partial charge on any atom is 0.220 e. The van der Waals surface area contributed by atoms with Crippen LogP contribution in [0.2, 0.25) is 0 Å². The molecule has 2 atom stereocenters. The van der Waals surface area contributed by atoms with E-state index in [2.05, 4.69) is 92.1 Å². The SMILES string of the molecule is CC/C=C\C/C=C\C/C=C\C/C=C\CCCCCCCCCCC(=O)NC(CO)C(O)/C=C/CC/C=C/CC/C=C/CCC. The smallest absolute Gasteiger partial charge is 0.220 e. The van der Waals surface area contributed by atoms with Crippen LogP contribution in [0.25, 0.3) is 0 Å². The fourth-order valence-electron chi connectivity index (χ4n) is 4.62. The van der Waals surface area contributed by atoms with Gasteiger partial charge in [0, 0.05) is 6.42 Å². The summed E-state index contributed by atoms with van der Waals surface area (Å²) in [7, 11) is 0. The number of nitrogens with one attached hydrogen (secondary N) is 1. The number of allylic oxidation sites excluding steroid dienone is 13. The molecule has 0 saturated carbocycles. The molecule has 4 heteroatoms. The summed E-state index contributed by atoms with van der Waals surface area (Å²) in [5, 5.41) is 22.8. The first-order valence-electron chi connectivity index (χ1n) is 17.8. The fraction of sp³-hybridized carbons (Fsp3) is 0.625. The quantitative estimate of drug-likeness (QED) is 0.0560. The fourth-order valence-corrected chi connectivity index (χ4v) is 4.62. The molecule has 0 bridgehead atoms. The summed E-state index contributed by atoms with van der Waals surface area (Å²) in [6.45, 7) is 4.07. The highest BCUT2D eigenvalue weighted by molar-refractivity contribution is 5.76. The number of hydrogen-bond donors (Lipinski definition) is 3. The van der Waals surface area contributed by atoms with Crippen molar-refractivity contribution in [2.24, 2.45) is 0 Å². The van der Waals surface area contributed by atoms with Crippen molar-refractivity contribution in [1.29, 1.82) is 0 Å². The zero-order valence-corrected chi connectivity index (χ0v) is 28.4. The Morgan fingerprint density at radius 3 is 1.57 bits per heavy atom.